The third kappa shape index (κ3) is 1.33. The number of nitrogens with one attached hydrogen (secondary N) is 3. The number of hydrogen-bond acceptors (Lipinski definition) is 4. The highest BCUT2D eigenvalue weighted by atomic mass is 15.3. The summed E-state index contributed by atoms with van der Waals surface area (Å²) in [4.78, 5) is 0. The molecule has 1 atom stereocenters. The van der Waals surface area contributed by atoms with Gasteiger partial charge in [0.15, 0.2) is 0 Å². The van der Waals surface area contributed by atoms with E-state index in [1.165, 1.54) is 0 Å². The molecule has 1 aliphatic heterocycles. The quantitative estimate of drug-likeness (QED) is 0.520. The van der Waals surface area contributed by atoms with E-state index in [1.807, 2.05) is 6.92 Å². The van der Waals surface area contributed by atoms with Crippen molar-refractivity contribution < 1.29 is 0 Å². The molecule has 5 nitrogen and oxygen atoms in total. The molecule has 66 valence electrons. The number of H-pyrrole nitrogens is 1. The van der Waals surface area contributed by atoms with Crippen LogP contribution in [0.1, 0.15) is 17.4 Å². The fraction of sp³-hybridized carbons (Fsp3) is 0.714. The Balaban J connectivity index is 2.13. The van der Waals surface area contributed by atoms with Gasteiger partial charge < -0.3 is 10.6 Å². The molecular formula is C7H13N5. The number of hydrogen-bond donors (Lipinski definition) is 3. The lowest BCUT2D eigenvalue weighted by Gasteiger charge is -2.22. The van der Waals surface area contributed by atoms with Crippen molar-refractivity contribution in [2.45, 2.75) is 13.0 Å². The summed E-state index contributed by atoms with van der Waals surface area (Å²) < 4.78 is 0. The summed E-state index contributed by atoms with van der Waals surface area (Å²) in [7, 11) is 0. The maximum Gasteiger partial charge on any atom is 0.104 e. The highest BCUT2D eigenvalue weighted by Gasteiger charge is 2.18. The van der Waals surface area contributed by atoms with Gasteiger partial charge in [-0.05, 0) is 6.92 Å². The molecule has 2 heterocycles. The molecule has 0 amide bonds. The second-order valence-corrected chi connectivity index (χ2v) is 3.01. The third-order valence-electron chi connectivity index (χ3n) is 2.13. The van der Waals surface area contributed by atoms with Gasteiger partial charge in [-0.3, -0.25) is 0 Å². The van der Waals surface area contributed by atoms with E-state index in [2.05, 4.69) is 26.0 Å². The Morgan fingerprint density at radius 2 is 2.25 bits per heavy atom. The Hall–Kier alpha value is -0.940. The van der Waals surface area contributed by atoms with Crippen molar-refractivity contribution in [2.24, 2.45) is 0 Å². The summed E-state index contributed by atoms with van der Waals surface area (Å²) in [5.74, 6) is 0. The lowest BCUT2D eigenvalue weighted by Crippen LogP contribution is -2.43. The summed E-state index contributed by atoms with van der Waals surface area (Å²) >= 11 is 0. The van der Waals surface area contributed by atoms with E-state index < -0.39 is 0 Å². The standard InChI is InChI=1S/C7H13N5/c1-5-7(11-12-10-5)6-4-8-2-3-9-6/h6,8-9H,2-4H2,1H3,(H,10,11,12). The molecule has 2 rings (SSSR count). The van der Waals surface area contributed by atoms with Crippen LogP contribution in [0.4, 0.5) is 0 Å². The molecule has 0 radical (unpaired) electrons. The summed E-state index contributed by atoms with van der Waals surface area (Å²) in [6.07, 6.45) is 0. The zero-order valence-electron chi connectivity index (χ0n) is 7.09. The maximum absolute atomic E-state index is 4.10. The number of nitrogens with zero attached hydrogens (tertiary/aromatic N) is 2. The second-order valence-electron chi connectivity index (χ2n) is 3.01. The first kappa shape index (κ1) is 7.70. The molecule has 1 aromatic heterocycles. The molecule has 1 saturated heterocycles. The minimum absolute atomic E-state index is 0.317. The van der Waals surface area contributed by atoms with Crippen molar-refractivity contribution in [3.63, 3.8) is 0 Å². The summed E-state index contributed by atoms with van der Waals surface area (Å²) in [5.41, 5.74) is 2.01. The van der Waals surface area contributed by atoms with E-state index in [4.69, 9.17) is 0 Å². The largest absolute Gasteiger partial charge is 0.314 e. The normalized spacial score (nSPS) is 24.2. The van der Waals surface area contributed by atoms with Gasteiger partial charge in [0.2, 0.25) is 0 Å². The molecule has 3 N–H and O–H groups in total. The Morgan fingerprint density at radius 3 is 2.83 bits per heavy atom. The van der Waals surface area contributed by atoms with E-state index in [0.29, 0.717) is 6.04 Å². The summed E-state index contributed by atoms with van der Waals surface area (Å²) in [5, 5.41) is 17.4. The minimum atomic E-state index is 0.317. The highest BCUT2D eigenvalue weighted by molar-refractivity contribution is 5.12. The van der Waals surface area contributed by atoms with Crippen LogP contribution in [-0.4, -0.2) is 35.0 Å². The second kappa shape index (κ2) is 3.20. The molecule has 12 heavy (non-hydrogen) atoms. The maximum atomic E-state index is 4.10. The number of aromatic nitrogens is 3. The van der Waals surface area contributed by atoms with Crippen molar-refractivity contribution in [1.82, 2.24) is 26.0 Å². The average molecular weight is 167 g/mol. The van der Waals surface area contributed by atoms with Gasteiger partial charge in [-0.2, -0.15) is 15.4 Å². The molecule has 0 saturated carbocycles. The van der Waals surface area contributed by atoms with Gasteiger partial charge >= 0.3 is 0 Å². The van der Waals surface area contributed by atoms with Crippen molar-refractivity contribution >= 4 is 0 Å². The van der Waals surface area contributed by atoms with E-state index in [9.17, 15) is 0 Å². The lowest BCUT2D eigenvalue weighted by molar-refractivity contribution is 0.421. The average Bonchev–Trinajstić information content (AvgIpc) is 2.53. The SMILES string of the molecule is Cc1n[nH]nc1C1CNCCN1. The van der Waals surface area contributed by atoms with Crippen LogP contribution in [0.25, 0.3) is 0 Å². The van der Waals surface area contributed by atoms with Gasteiger partial charge in [-0.25, -0.2) is 0 Å². The minimum Gasteiger partial charge on any atom is -0.314 e. The molecule has 1 aliphatic rings. The molecule has 0 aliphatic carbocycles. The van der Waals surface area contributed by atoms with Crippen molar-refractivity contribution in [1.29, 1.82) is 0 Å². The van der Waals surface area contributed by atoms with Crippen LogP contribution in [-0.2, 0) is 0 Å². The van der Waals surface area contributed by atoms with Gasteiger partial charge in [-0.15, -0.1) is 0 Å². The number of piperazine rings is 1. The van der Waals surface area contributed by atoms with E-state index in [1.54, 1.807) is 0 Å². The summed E-state index contributed by atoms with van der Waals surface area (Å²) in [6, 6.07) is 0.317. The van der Waals surface area contributed by atoms with Gasteiger partial charge in [0.25, 0.3) is 0 Å². The molecule has 0 bridgehead atoms. The van der Waals surface area contributed by atoms with Crippen LogP contribution < -0.4 is 10.6 Å². The lowest BCUT2D eigenvalue weighted by atomic mass is 10.1. The van der Waals surface area contributed by atoms with Crippen LogP contribution in [0.15, 0.2) is 0 Å². The first-order valence-electron chi connectivity index (χ1n) is 4.19. The first-order chi connectivity index (χ1) is 5.88. The molecule has 0 aromatic carbocycles. The van der Waals surface area contributed by atoms with Crippen molar-refractivity contribution in [3.05, 3.63) is 11.4 Å². The van der Waals surface area contributed by atoms with E-state index in [-0.39, 0.29) is 0 Å². The Kier molecular flexibility index (Phi) is 2.05. The smallest absolute Gasteiger partial charge is 0.104 e. The summed E-state index contributed by atoms with van der Waals surface area (Å²) in [6.45, 7) is 4.94. The first-order valence-corrected chi connectivity index (χ1v) is 4.19. The van der Waals surface area contributed by atoms with Gasteiger partial charge in [0.1, 0.15) is 5.69 Å². The van der Waals surface area contributed by atoms with Crippen molar-refractivity contribution in [2.75, 3.05) is 19.6 Å². The molecule has 1 aromatic rings. The predicted molar refractivity (Wildman–Crippen MR) is 44.7 cm³/mol. The molecule has 5 heteroatoms. The number of aromatic amines is 1. The number of rotatable bonds is 1. The van der Waals surface area contributed by atoms with Crippen LogP contribution >= 0.6 is 0 Å². The third-order valence-corrected chi connectivity index (χ3v) is 2.13. The monoisotopic (exact) mass is 167 g/mol. The fourth-order valence-electron chi connectivity index (χ4n) is 1.47. The Labute approximate surface area is 70.9 Å². The Morgan fingerprint density at radius 1 is 1.33 bits per heavy atom. The van der Waals surface area contributed by atoms with Crippen LogP contribution in [0.2, 0.25) is 0 Å². The zero-order chi connectivity index (χ0) is 8.39. The predicted octanol–water partition coefficient (Wildman–Crippen LogP) is -0.653. The van der Waals surface area contributed by atoms with Crippen molar-refractivity contribution in [3.8, 4) is 0 Å². The van der Waals surface area contributed by atoms with Crippen LogP contribution in [0.5, 0.6) is 0 Å². The molecule has 1 fully saturated rings. The number of aryl methyl sites for hydroxylation is 1. The molecule has 1 unspecified atom stereocenters. The van der Waals surface area contributed by atoms with E-state index >= 15 is 0 Å². The Bertz CT molecular complexity index is 250. The van der Waals surface area contributed by atoms with Crippen LogP contribution in [0.3, 0.4) is 0 Å². The van der Waals surface area contributed by atoms with Gasteiger partial charge in [-0.1, -0.05) is 0 Å². The van der Waals surface area contributed by atoms with E-state index in [0.717, 1.165) is 31.0 Å². The van der Waals surface area contributed by atoms with Gasteiger partial charge in [0, 0.05) is 19.6 Å². The van der Waals surface area contributed by atoms with Crippen LogP contribution in [0, 0.1) is 6.92 Å². The molecular weight excluding hydrogens is 154 g/mol. The van der Waals surface area contributed by atoms with Gasteiger partial charge in [0.05, 0.1) is 11.7 Å². The molecule has 0 spiro atoms. The topological polar surface area (TPSA) is 65.6 Å². The highest BCUT2D eigenvalue weighted by Crippen LogP contribution is 2.12. The fourth-order valence-corrected chi connectivity index (χ4v) is 1.47. The zero-order valence-corrected chi connectivity index (χ0v) is 7.09.